The fraction of sp³-hybridized carbons (Fsp3) is 0.529. The number of rotatable bonds is 4. The van der Waals surface area contributed by atoms with Gasteiger partial charge in [-0.1, -0.05) is 19.1 Å². The molecule has 2 rings (SSSR count). The van der Waals surface area contributed by atoms with E-state index in [0.29, 0.717) is 6.54 Å². The summed E-state index contributed by atoms with van der Waals surface area (Å²) in [6.07, 6.45) is 2.07. The number of aliphatic imine (C=N–C) groups is 1. The van der Waals surface area contributed by atoms with E-state index in [2.05, 4.69) is 52.7 Å². The minimum absolute atomic E-state index is 0. The predicted molar refractivity (Wildman–Crippen MR) is 110 cm³/mol. The molecule has 1 aliphatic rings. The molecule has 1 saturated heterocycles. The Kier molecular flexibility index (Phi) is 8.90. The molecule has 0 aliphatic carbocycles. The third kappa shape index (κ3) is 5.27. The lowest BCUT2D eigenvalue weighted by Crippen LogP contribution is -2.40. The van der Waals surface area contributed by atoms with Gasteiger partial charge in [-0.2, -0.15) is 0 Å². The highest BCUT2D eigenvalue weighted by molar-refractivity contribution is 14.0. The maximum atomic E-state index is 11.8. The minimum atomic E-state index is -0.136. The first-order valence-electron chi connectivity index (χ1n) is 7.75. The van der Waals surface area contributed by atoms with Crippen LogP contribution in [0.25, 0.3) is 0 Å². The van der Waals surface area contributed by atoms with Crippen LogP contribution in [0, 0.1) is 11.8 Å². The van der Waals surface area contributed by atoms with E-state index in [1.54, 1.807) is 18.8 Å². The van der Waals surface area contributed by atoms with E-state index in [-0.39, 0.29) is 41.8 Å². The highest BCUT2D eigenvalue weighted by Gasteiger charge is 2.36. The maximum Gasteiger partial charge on any atom is 0.310 e. The number of guanidine groups is 1. The van der Waals surface area contributed by atoms with Gasteiger partial charge in [0.25, 0.3) is 0 Å². The van der Waals surface area contributed by atoms with Crippen molar-refractivity contribution in [2.75, 3.05) is 33.5 Å². The van der Waals surface area contributed by atoms with Crippen LogP contribution in [0.3, 0.4) is 0 Å². The molecule has 1 heterocycles. The van der Waals surface area contributed by atoms with Crippen LogP contribution in [0.2, 0.25) is 0 Å². The van der Waals surface area contributed by atoms with Gasteiger partial charge in [-0.05, 0) is 29.9 Å². The van der Waals surface area contributed by atoms with Crippen LogP contribution < -0.4 is 5.32 Å². The van der Waals surface area contributed by atoms with Crippen LogP contribution in [-0.2, 0) is 16.1 Å². The van der Waals surface area contributed by atoms with Gasteiger partial charge in [-0.15, -0.1) is 35.7 Å². The van der Waals surface area contributed by atoms with Crippen molar-refractivity contribution in [1.29, 1.82) is 0 Å². The molecule has 5 nitrogen and oxygen atoms in total. The van der Waals surface area contributed by atoms with Crippen LogP contribution in [-0.4, -0.2) is 50.3 Å². The van der Waals surface area contributed by atoms with E-state index in [9.17, 15) is 4.79 Å². The largest absolute Gasteiger partial charge is 0.469 e. The van der Waals surface area contributed by atoms with Crippen LogP contribution in [0.1, 0.15) is 12.5 Å². The van der Waals surface area contributed by atoms with E-state index in [4.69, 9.17) is 4.74 Å². The summed E-state index contributed by atoms with van der Waals surface area (Å²) in [6, 6.07) is 8.48. The molecule has 7 heteroatoms. The highest BCUT2D eigenvalue weighted by Crippen LogP contribution is 2.24. The second-order valence-electron chi connectivity index (χ2n) is 5.76. The fourth-order valence-electron chi connectivity index (χ4n) is 2.85. The first-order chi connectivity index (χ1) is 11.1. The quantitative estimate of drug-likeness (QED) is 0.245. The fourth-order valence-corrected chi connectivity index (χ4v) is 3.26. The van der Waals surface area contributed by atoms with Crippen LogP contribution in [0.4, 0.5) is 0 Å². The zero-order chi connectivity index (χ0) is 16.8. The number of nitrogens with zero attached hydrogens (tertiary/aromatic N) is 2. The molecule has 134 valence electrons. The molecule has 1 aromatic carbocycles. The highest BCUT2D eigenvalue weighted by atomic mass is 127. The van der Waals surface area contributed by atoms with E-state index in [1.807, 2.05) is 0 Å². The van der Waals surface area contributed by atoms with E-state index < -0.39 is 0 Å². The summed E-state index contributed by atoms with van der Waals surface area (Å²) in [7, 11) is 3.22. The van der Waals surface area contributed by atoms with Gasteiger partial charge in [0, 0.05) is 31.6 Å². The molecular weight excluding hydrogens is 437 g/mol. The van der Waals surface area contributed by atoms with Crippen molar-refractivity contribution in [2.24, 2.45) is 16.8 Å². The molecule has 1 aromatic rings. The molecule has 24 heavy (non-hydrogen) atoms. The number of likely N-dealkylation sites (tertiary alicyclic amines) is 1. The molecule has 1 aliphatic heterocycles. The average Bonchev–Trinajstić information content (AvgIpc) is 2.97. The molecule has 1 N–H and O–H groups in total. The molecule has 2 atom stereocenters. The zero-order valence-corrected chi connectivity index (χ0v) is 17.8. The smallest absolute Gasteiger partial charge is 0.310 e. The Balaban J connectivity index is 0.00000288. The normalized spacial score (nSPS) is 20.5. The Hall–Kier alpha value is -0.960. The molecule has 0 aromatic heterocycles. The second-order valence-corrected chi connectivity index (χ2v) is 6.64. The SMILES string of the molecule is CN=C(NCc1ccc(SC)cc1)N1CC(C)C(C(=O)OC)C1.I. The standard InChI is InChI=1S/C17H25N3O2S.HI/c1-12-10-20(11-15(12)16(21)22-3)17(18-2)19-9-13-5-7-14(23-4)8-6-13;/h5-8,12,15H,9-11H2,1-4H3,(H,18,19);1H. The summed E-state index contributed by atoms with van der Waals surface area (Å²) in [5.41, 5.74) is 1.21. The summed E-state index contributed by atoms with van der Waals surface area (Å²) in [4.78, 5) is 19.5. The number of carbonyl (C=O) groups excluding carboxylic acids is 1. The Labute approximate surface area is 165 Å². The molecule has 1 fully saturated rings. The van der Waals surface area contributed by atoms with Gasteiger partial charge >= 0.3 is 5.97 Å². The number of halogens is 1. The number of ether oxygens (including phenoxy) is 1. The van der Waals surface area contributed by atoms with E-state index in [1.165, 1.54) is 17.6 Å². The van der Waals surface area contributed by atoms with Crippen molar-refractivity contribution in [3.63, 3.8) is 0 Å². The number of thioether (sulfide) groups is 1. The number of methoxy groups -OCH3 is 1. The Morgan fingerprint density at radius 3 is 2.58 bits per heavy atom. The average molecular weight is 463 g/mol. The van der Waals surface area contributed by atoms with Crippen LogP contribution >= 0.6 is 35.7 Å². The third-order valence-electron chi connectivity index (χ3n) is 4.24. The lowest BCUT2D eigenvalue weighted by Gasteiger charge is -2.21. The molecule has 0 bridgehead atoms. The molecule has 0 amide bonds. The summed E-state index contributed by atoms with van der Waals surface area (Å²) in [5.74, 6) is 0.876. The molecule has 0 saturated carbocycles. The number of benzene rings is 1. The van der Waals surface area contributed by atoms with Gasteiger partial charge < -0.3 is 15.0 Å². The number of carbonyl (C=O) groups is 1. The summed E-state index contributed by atoms with van der Waals surface area (Å²) >= 11 is 1.74. The monoisotopic (exact) mass is 463 g/mol. The molecule has 0 radical (unpaired) electrons. The van der Waals surface area contributed by atoms with Gasteiger partial charge in [0.05, 0.1) is 13.0 Å². The van der Waals surface area contributed by atoms with E-state index in [0.717, 1.165) is 19.0 Å². The van der Waals surface area contributed by atoms with Crippen molar-refractivity contribution in [3.05, 3.63) is 29.8 Å². The minimum Gasteiger partial charge on any atom is -0.469 e. The third-order valence-corrected chi connectivity index (χ3v) is 4.98. The van der Waals surface area contributed by atoms with Crippen molar-refractivity contribution < 1.29 is 9.53 Å². The number of esters is 1. The molecule has 0 spiro atoms. The van der Waals surface area contributed by atoms with Crippen molar-refractivity contribution in [3.8, 4) is 0 Å². The van der Waals surface area contributed by atoms with Gasteiger partial charge in [0.2, 0.25) is 0 Å². The number of nitrogens with one attached hydrogen (secondary N) is 1. The van der Waals surface area contributed by atoms with Gasteiger partial charge in [0.1, 0.15) is 0 Å². The Bertz CT molecular complexity index is 565. The molecular formula is C17H26IN3O2S. The first kappa shape index (κ1) is 21.1. The Morgan fingerprint density at radius 2 is 2.04 bits per heavy atom. The van der Waals surface area contributed by atoms with Crippen molar-refractivity contribution in [1.82, 2.24) is 10.2 Å². The second kappa shape index (κ2) is 10.1. The van der Waals surface area contributed by atoms with E-state index >= 15 is 0 Å². The first-order valence-corrected chi connectivity index (χ1v) is 8.97. The van der Waals surface area contributed by atoms with Crippen molar-refractivity contribution >= 4 is 47.7 Å². The van der Waals surface area contributed by atoms with Gasteiger partial charge in [-0.25, -0.2) is 0 Å². The zero-order valence-electron chi connectivity index (χ0n) is 14.6. The number of hydrogen-bond acceptors (Lipinski definition) is 4. The summed E-state index contributed by atoms with van der Waals surface area (Å²) < 4.78 is 4.89. The van der Waals surface area contributed by atoms with Crippen LogP contribution in [0.15, 0.2) is 34.2 Å². The van der Waals surface area contributed by atoms with Crippen molar-refractivity contribution in [2.45, 2.75) is 18.4 Å². The topological polar surface area (TPSA) is 53.9 Å². The van der Waals surface area contributed by atoms with Gasteiger partial charge in [-0.3, -0.25) is 9.79 Å². The maximum absolute atomic E-state index is 11.8. The molecule has 2 unspecified atom stereocenters. The lowest BCUT2D eigenvalue weighted by molar-refractivity contribution is -0.145. The predicted octanol–water partition coefficient (Wildman–Crippen LogP) is 2.84. The Morgan fingerprint density at radius 1 is 1.38 bits per heavy atom. The lowest BCUT2D eigenvalue weighted by atomic mass is 9.99. The summed E-state index contributed by atoms with van der Waals surface area (Å²) in [5, 5.41) is 3.38. The number of hydrogen-bond donors (Lipinski definition) is 1. The summed E-state index contributed by atoms with van der Waals surface area (Å²) in [6.45, 7) is 4.26. The van der Waals surface area contributed by atoms with Crippen LogP contribution in [0.5, 0.6) is 0 Å². The van der Waals surface area contributed by atoms with Gasteiger partial charge in [0.15, 0.2) is 5.96 Å².